The molecule has 1 rings (SSSR count). The number of hydrogen-bond acceptors (Lipinski definition) is 4. The van der Waals surface area contributed by atoms with Gasteiger partial charge in [0.2, 0.25) is 5.91 Å². The predicted octanol–water partition coefficient (Wildman–Crippen LogP) is 2.16. The molecule has 5 heteroatoms. The average molecular weight is 306 g/mol. The molecular formula is C17H26N2O3. The minimum absolute atomic E-state index is 0.0394. The van der Waals surface area contributed by atoms with Crippen molar-refractivity contribution in [2.24, 2.45) is 5.92 Å². The van der Waals surface area contributed by atoms with Gasteiger partial charge in [-0.05, 0) is 36.6 Å². The highest BCUT2D eigenvalue weighted by Gasteiger charge is 2.07. The molecule has 1 amide bonds. The SMILES string of the molecule is CCN(CCO)C(=O)/C=C\c1ccc(OCC(C)C)c(N)c1. The fourth-order valence-electron chi connectivity index (χ4n) is 1.88. The second-order valence-corrected chi connectivity index (χ2v) is 5.48. The number of ether oxygens (including phenoxy) is 1. The standard InChI is InChI=1S/C17H26N2O3/c1-4-19(9-10-20)17(21)8-6-14-5-7-16(15(18)11-14)22-12-13(2)3/h5-8,11,13,20H,4,9-10,12,18H2,1-3H3/b8-6-. The van der Waals surface area contributed by atoms with Crippen LogP contribution in [0.4, 0.5) is 5.69 Å². The average Bonchev–Trinajstić information content (AvgIpc) is 2.49. The van der Waals surface area contributed by atoms with Crippen molar-refractivity contribution < 1.29 is 14.6 Å². The number of carbonyl (C=O) groups is 1. The number of benzene rings is 1. The van der Waals surface area contributed by atoms with Gasteiger partial charge < -0.3 is 20.5 Å². The lowest BCUT2D eigenvalue weighted by atomic mass is 10.1. The number of anilines is 1. The van der Waals surface area contributed by atoms with Crippen LogP contribution in [0, 0.1) is 5.92 Å². The fourth-order valence-corrected chi connectivity index (χ4v) is 1.88. The van der Waals surface area contributed by atoms with E-state index in [9.17, 15) is 4.79 Å². The van der Waals surface area contributed by atoms with Gasteiger partial charge in [-0.15, -0.1) is 0 Å². The van der Waals surface area contributed by atoms with Gasteiger partial charge in [-0.25, -0.2) is 0 Å². The Balaban J connectivity index is 2.71. The van der Waals surface area contributed by atoms with Gasteiger partial charge >= 0.3 is 0 Å². The second kappa shape index (κ2) is 9.10. The van der Waals surface area contributed by atoms with Crippen LogP contribution in [-0.4, -0.2) is 42.2 Å². The zero-order valence-electron chi connectivity index (χ0n) is 13.6. The smallest absolute Gasteiger partial charge is 0.246 e. The third-order valence-corrected chi connectivity index (χ3v) is 3.09. The number of aliphatic hydroxyl groups excluding tert-OH is 1. The van der Waals surface area contributed by atoms with Crippen LogP contribution in [0.3, 0.4) is 0 Å². The maximum absolute atomic E-state index is 11.9. The lowest BCUT2D eigenvalue weighted by Gasteiger charge is -2.17. The van der Waals surface area contributed by atoms with Crippen LogP contribution in [0.2, 0.25) is 0 Å². The first-order valence-electron chi connectivity index (χ1n) is 7.58. The Morgan fingerprint density at radius 1 is 1.45 bits per heavy atom. The van der Waals surface area contributed by atoms with Crippen molar-refractivity contribution in [3.05, 3.63) is 29.8 Å². The Labute approximate surface area is 132 Å². The van der Waals surface area contributed by atoms with Crippen LogP contribution in [0.15, 0.2) is 24.3 Å². The number of amides is 1. The maximum atomic E-state index is 11.9. The van der Waals surface area contributed by atoms with E-state index >= 15 is 0 Å². The largest absolute Gasteiger partial charge is 0.491 e. The van der Waals surface area contributed by atoms with Crippen molar-refractivity contribution in [3.8, 4) is 5.75 Å². The highest BCUT2D eigenvalue weighted by molar-refractivity contribution is 5.92. The van der Waals surface area contributed by atoms with Crippen molar-refractivity contribution >= 4 is 17.7 Å². The molecule has 1 aromatic carbocycles. The fraction of sp³-hybridized carbons (Fsp3) is 0.471. The summed E-state index contributed by atoms with van der Waals surface area (Å²) in [6.07, 6.45) is 3.20. The molecule has 22 heavy (non-hydrogen) atoms. The first-order chi connectivity index (χ1) is 10.5. The van der Waals surface area contributed by atoms with E-state index in [2.05, 4.69) is 13.8 Å². The summed E-state index contributed by atoms with van der Waals surface area (Å²) >= 11 is 0. The number of rotatable bonds is 8. The van der Waals surface area contributed by atoms with E-state index in [4.69, 9.17) is 15.6 Å². The van der Waals surface area contributed by atoms with E-state index in [1.165, 1.54) is 6.08 Å². The first kappa shape index (κ1) is 18.0. The molecule has 0 fully saturated rings. The third kappa shape index (κ3) is 5.77. The second-order valence-electron chi connectivity index (χ2n) is 5.48. The Kier molecular flexibility index (Phi) is 7.46. The number of nitrogens with zero attached hydrogens (tertiary/aromatic N) is 1. The zero-order valence-corrected chi connectivity index (χ0v) is 13.6. The summed E-state index contributed by atoms with van der Waals surface area (Å²) in [5, 5.41) is 8.91. The molecule has 1 aromatic rings. The van der Waals surface area contributed by atoms with Crippen molar-refractivity contribution in [1.82, 2.24) is 4.90 Å². The number of nitrogen functional groups attached to an aromatic ring is 1. The molecule has 3 N–H and O–H groups in total. The molecule has 0 atom stereocenters. The summed E-state index contributed by atoms with van der Waals surface area (Å²) in [5.74, 6) is 0.964. The molecule has 0 bridgehead atoms. The van der Waals surface area contributed by atoms with Crippen molar-refractivity contribution in [1.29, 1.82) is 0 Å². The normalized spacial score (nSPS) is 11.1. The highest BCUT2D eigenvalue weighted by atomic mass is 16.5. The number of hydrogen-bond donors (Lipinski definition) is 2. The Morgan fingerprint density at radius 2 is 2.18 bits per heavy atom. The zero-order chi connectivity index (χ0) is 16.5. The van der Waals surface area contributed by atoms with Crippen molar-refractivity contribution in [3.63, 3.8) is 0 Å². The molecule has 0 heterocycles. The molecule has 0 spiro atoms. The quantitative estimate of drug-likeness (QED) is 0.570. The Morgan fingerprint density at radius 3 is 2.73 bits per heavy atom. The highest BCUT2D eigenvalue weighted by Crippen LogP contribution is 2.23. The van der Waals surface area contributed by atoms with E-state index in [1.807, 2.05) is 19.1 Å². The molecule has 0 saturated carbocycles. The Bertz CT molecular complexity index is 513. The lowest BCUT2D eigenvalue weighted by Crippen LogP contribution is -2.31. The maximum Gasteiger partial charge on any atom is 0.246 e. The summed E-state index contributed by atoms with van der Waals surface area (Å²) < 4.78 is 5.61. The van der Waals surface area contributed by atoms with Crippen LogP contribution in [0.5, 0.6) is 5.75 Å². The van der Waals surface area contributed by atoms with E-state index < -0.39 is 0 Å². The molecule has 0 aliphatic rings. The molecule has 0 saturated heterocycles. The number of carbonyl (C=O) groups excluding carboxylic acids is 1. The molecule has 0 radical (unpaired) electrons. The minimum atomic E-state index is -0.129. The number of likely N-dealkylation sites (N-methyl/N-ethyl adjacent to an activating group) is 1. The van der Waals surface area contributed by atoms with Gasteiger partial charge in [-0.1, -0.05) is 19.9 Å². The molecule has 5 nitrogen and oxygen atoms in total. The van der Waals surface area contributed by atoms with Gasteiger partial charge in [-0.3, -0.25) is 4.79 Å². The molecule has 0 aliphatic heterocycles. The van der Waals surface area contributed by atoms with Crippen LogP contribution in [0.1, 0.15) is 26.3 Å². The van der Waals surface area contributed by atoms with Crippen LogP contribution < -0.4 is 10.5 Å². The number of nitrogens with two attached hydrogens (primary N) is 1. The molecular weight excluding hydrogens is 280 g/mol. The molecule has 122 valence electrons. The summed E-state index contributed by atoms with van der Waals surface area (Å²) in [5.41, 5.74) is 7.35. The van der Waals surface area contributed by atoms with Gasteiger partial charge in [-0.2, -0.15) is 0 Å². The summed E-state index contributed by atoms with van der Waals surface area (Å²) in [7, 11) is 0. The molecule has 0 aromatic heterocycles. The molecule has 0 unspecified atom stereocenters. The van der Waals surface area contributed by atoms with Crippen molar-refractivity contribution in [2.75, 3.05) is 32.0 Å². The predicted molar refractivity (Wildman–Crippen MR) is 89.6 cm³/mol. The summed E-state index contributed by atoms with van der Waals surface area (Å²) in [6.45, 7) is 7.50. The van der Waals surface area contributed by atoms with E-state index in [0.717, 1.165) is 5.56 Å². The molecule has 0 aliphatic carbocycles. The third-order valence-electron chi connectivity index (χ3n) is 3.09. The first-order valence-corrected chi connectivity index (χ1v) is 7.58. The van der Waals surface area contributed by atoms with Gasteiger partial charge in [0, 0.05) is 19.2 Å². The Hall–Kier alpha value is -2.01. The van der Waals surface area contributed by atoms with Crippen LogP contribution in [-0.2, 0) is 4.79 Å². The topological polar surface area (TPSA) is 75.8 Å². The van der Waals surface area contributed by atoms with Crippen LogP contribution in [0.25, 0.3) is 6.08 Å². The van der Waals surface area contributed by atoms with E-state index in [1.54, 1.807) is 17.0 Å². The van der Waals surface area contributed by atoms with Crippen molar-refractivity contribution in [2.45, 2.75) is 20.8 Å². The summed E-state index contributed by atoms with van der Waals surface area (Å²) in [6, 6.07) is 5.45. The minimum Gasteiger partial charge on any atom is -0.491 e. The van der Waals surface area contributed by atoms with Gasteiger partial charge in [0.05, 0.1) is 18.9 Å². The monoisotopic (exact) mass is 306 g/mol. The van der Waals surface area contributed by atoms with Gasteiger partial charge in [0.25, 0.3) is 0 Å². The van der Waals surface area contributed by atoms with Crippen LogP contribution >= 0.6 is 0 Å². The lowest BCUT2D eigenvalue weighted by molar-refractivity contribution is -0.126. The van der Waals surface area contributed by atoms with E-state index in [0.29, 0.717) is 37.1 Å². The number of aliphatic hydroxyl groups is 1. The summed E-state index contributed by atoms with van der Waals surface area (Å²) in [4.78, 5) is 13.5. The van der Waals surface area contributed by atoms with Gasteiger partial charge in [0.1, 0.15) is 5.75 Å². The van der Waals surface area contributed by atoms with Gasteiger partial charge in [0.15, 0.2) is 0 Å². The van der Waals surface area contributed by atoms with E-state index in [-0.39, 0.29) is 12.5 Å².